The predicted molar refractivity (Wildman–Crippen MR) is 47.3 cm³/mol. The lowest BCUT2D eigenvalue weighted by Crippen LogP contribution is -2.19. The Bertz CT molecular complexity index is 448. The van der Waals surface area contributed by atoms with Gasteiger partial charge in [-0.2, -0.15) is 0 Å². The number of nitrogens with one attached hydrogen (secondary N) is 2. The molecule has 0 aromatic carbocycles. The van der Waals surface area contributed by atoms with E-state index in [1.807, 2.05) is 0 Å². The van der Waals surface area contributed by atoms with Crippen molar-refractivity contribution in [2.45, 2.75) is 0 Å². The average molecular weight is 176 g/mol. The van der Waals surface area contributed by atoms with Gasteiger partial charge in [-0.1, -0.05) is 0 Å². The molecule has 0 saturated heterocycles. The van der Waals surface area contributed by atoms with E-state index in [1.165, 1.54) is 6.33 Å². The summed E-state index contributed by atoms with van der Waals surface area (Å²) in [7, 11) is 1.57. The highest BCUT2D eigenvalue weighted by atomic mass is 16.1. The van der Waals surface area contributed by atoms with Gasteiger partial charge in [-0.05, 0) is 6.07 Å². The average Bonchev–Trinajstić information content (AvgIpc) is 2.63. The Morgan fingerprint density at radius 2 is 2.38 bits per heavy atom. The van der Waals surface area contributed by atoms with Crippen LogP contribution >= 0.6 is 0 Å². The van der Waals surface area contributed by atoms with Crippen LogP contribution < -0.4 is 5.32 Å². The minimum atomic E-state index is -0.202. The quantitative estimate of drug-likeness (QED) is 0.657. The number of hydrogen-bond donors (Lipinski definition) is 2. The largest absolute Gasteiger partial charge is 0.354 e. The van der Waals surface area contributed by atoms with Gasteiger partial charge >= 0.3 is 0 Å². The molecule has 0 saturated carbocycles. The van der Waals surface area contributed by atoms with Crippen molar-refractivity contribution in [1.29, 1.82) is 0 Å². The van der Waals surface area contributed by atoms with Crippen LogP contribution in [-0.4, -0.2) is 27.9 Å². The van der Waals surface area contributed by atoms with Crippen molar-refractivity contribution in [2.24, 2.45) is 0 Å². The van der Waals surface area contributed by atoms with Crippen LogP contribution in [0.15, 0.2) is 18.6 Å². The maximum absolute atomic E-state index is 11.3. The second-order valence-corrected chi connectivity index (χ2v) is 2.54. The fourth-order valence-electron chi connectivity index (χ4n) is 1.17. The predicted octanol–water partition coefficient (Wildman–Crippen LogP) is 0.317. The Hall–Kier alpha value is -1.91. The molecule has 2 aromatic heterocycles. The summed E-state index contributed by atoms with van der Waals surface area (Å²) in [6.45, 7) is 0. The number of nitrogens with zero attached hydrogens (tertiary/aromatic N) is 2. The number of aromatic amines is 1. The topological polar surface area (TPSA) is 70.7 Å². The van der Waals surface area contributed by atoms with Crippen molar-refractivity contribution >= 4 is 16.9 Å². The van der Waals surface area contributed by atoms with E-state index in [2.05, 4.69) is 20.3 Å². The molecule has 2 N–H and O–H groups in total. The molecule has 0 bridgehead atoms. The zero-order valence-electron chi connectivity index (χ0n) is 7.03. The molecule has 13 heavy (non-hydrogen) atoms. The van der Waals surface area contributed by atoms with Crippen LogP contribution in [0.3, 0.4) is 0 Å². The Morgan fingerprint density at radius 3 is 3.15 bits per heavy atom. The molecule has 0 unspecified atom stereocenters. The lowest BCUT2D eigenvalue weighted by molar-refractivity contribution is 0.0960. The smallest absolute Gasteiger partial charge is 0.270 e. The summed E-state index contributed by atoms with van der Waals surface area (Å²) in [5.74, 6) is -0.202. The van der Waals surface area contributed by atoms with Gasteiger partial charge < -0.3 is 10.3 Å². The maximum Gasteiger partial charge on any atom is 0.270 e. The van der Waals surface area contributed by atoms with Crippen LogP contribution in [0, 0.1) is 0 Å². The Kier molecular flexibility index (Phi) is 1.70. The van der Waals surface area contributed by atoms with Crippen LogP contribution in [-0.2, 0) is 0 Å². The molecule has 5 heteroatoms. The normalized spacial score (nSPS) is 10.2. The minimum absolute atomic E-state index is 0.202. The fourth-order valence-corrected chi connectivity index (χ4v) is 1.17. The highest BCUT2D eigenvalue weighted by Crippen LogP contribution is 2.11. The van der Waals surface area contributed by atoms with Crippen LogP contribution in [0.1, 0.15) is 10.5 Å². The molecule has 0 fully saturated rings. The van der Waals surface area contributed by atoms with Crippen molar-refractivity contribution < 1.29 is 4.79 Å². The van der Waals surface area contributed by atoms with Crippen molar-refractivity contribution in [3.8, 4) is 0 Å². The molecular weight excluding hydrogens is 168 g/mol. The summed E-state index contributed by atoms with van der Waals surface area (Å²) in [4.78, 5) is 22.1. The molecule has 66 valence electrons. The molecular formula is C8H8N4O. The first-order valence-corrected chi connectivity index (χ1v) is 3.83. The first-order chi connectivity index (χ1) is 6.33. The van der Waals surface area contributed by atoms with E-state index in [4.69, 9.17) is 0 Å². The third-order valence-corrected chi connectivity index (χ3v) is 1.80. The second-order valence-electron chi connectivity index (χ2n) is 2.54. The monoisotopic (exact) mass is 176 g/mol. The van der Waals surface area contributed by atoms with Crippen LogP contribution in [0.5, 0.6) is 0 Å². The SMILES string of the molecule is CNC(=O)c1ncnc2[nH]ccc12. The van der Waals surface area contributed by atoms with E-state index >= 15 is 0 Å². The molecule has 0 aliphatic carbocycles. The third-order valence-electron chi connectivity index (χ3n) is 1.80. The van der Waals surface area contributed by atoms with Gasteiger partial charge in [0, 0.05) is 13.2 Å². The fraction of sp³-hybridized carbons (Fsp3) is 0.125. The highest BCUT2D eigenvalue weighted by Gasteiger charge is 2.10. The van der Waals surface area contributed by atoms with Gasteiger partial charge in [0.25, 0.3) is 5.91 Å². The standard InChI is InChI=1S/C8H8N4O/c1-9-8(13)6-5-2-3-10-7(5)12-4-11-6/h2-4H,1H3,(H,9,13)(H,10,11,12). The van der Waals surface area contributed by atoms with Crippen LogP contribution in [0.4, 0.5) is 0 Å². The zero-order valence-corrected chi connectivity index (χ0v) is 7.03. The molecule has 2 heterocycles. The molecule has 0 atom stereocenters. The molecule has 1 amide bonds. The number of fused-ring (bicyclic) bond motifs is 1. The molecule has 0 radical (unpaired) electrons. The van der Waals surface area contributed by atoms with Gasteiger partial charge in [0.2, 0.25) is 0 Å². The van der Waals surface area contributed by atoms with E-state index in [9.17, 15) is 4.79 Å². The highest BCUT2D eigenvalue weighted by molar-refractivity contribution is 6.03. The lowest BCUT2D eigenvalue weighted by atomic mass is 10.3. The number of carbonyl (C=O) groups excluding carboxylic acids is 1. The van der Waals surface area contributed by atoms with Gasteiger partial charge in [-0.15, -0.1) is 0 Å². The number of rotatable bonds is 1. The first-order valence-electron chi connectivity index (χ1n) is 3.83. The third kappa shape index (κ3) is 1.14. The minimum Gasteiger partial charge on any atom is -0.354 e. The van der Waals surface area contributed by atoms with E-state index in [0.717, 1.165) is 5.39 Å². The summed E-state index contributed by atoms with van der Waals surface area (Å²) in [6.07, 6.45) is 3.09. The van der Waals surface area contributed by atoms with Gasteiger partial charge in [-0.25, -0.2) is 9.97 Å². The molecule has 5 nitrogen and oxygen atoms in total. The second kappa shape index (κ2) is 2.85. The summed E-state index contributed by atoms with van der Waals surface area (Å²) in [6, 6.07) is 1.78. The molecule has 2 aromatic rings. The van der Waals surface area contributed by atoms with Crippen molar-refractivity contribution in [1.82, 2.24) is 20.3 Å². The summed E-state index contributed by atoms with van der Waals surface area (Å²) in [5, 5.41) is 3.26. The molecule has 2 rings (SSSR count). The molecule has 0 aliphatic rings. The lowest BCUT2D eigenvalue weighted by Gasteiger charge is -1.98. The first kappa shape index (κ1) is 7.72. The van der Waals surface area contributed by atoms with Gasteiger partial charge in [-0.3, -0.25) is 4.79 Å². The zero-order chi connectivity index (χ0) is 9.26. The van der Waals surface area contributed by atoms with Crippen LogP contribution in [0.2, 0.25) is 0 Å². The number of hydrogen-bond acceptors (Lipinski definition) is 3. The summed E-state index contributed by atoms with van der Waals surface area (Å²) >= 11 is 0. The Morgan fingerprint density at radius 1 is 1.54 bits per heavy atom. The van der Waals surface area contributed by atoms with E-state index < -0.39 is 0 Å². The molecule has 0 spiro atoms. The van der Waals surface area contributed by atoms with E-state index in [-0.39, 0.29) is 5.91 Å². The van der Waals surface area contributed by atoms with Crippen LogP contribution in [0.25, 0.3) is 11.0 Å². The molecule has 0 aliphatic heterocycles. The summed E-state index contributed by atoms with van der Waals surface area (Å²) in [5.41, 5.74) is 1.07. The van der Waals surface area contributed by atoms with Crippen molar-refractivity contribution in [2.75, 3.05) is 7.05 Å². The van der Waals surface area contributed by atoms with Gasteiger partial charge in [0.05, 0.1) is 5.39 Å². The number of H-pyrrole nitrogens is 1. The Balaban J connectivity index is 2.67. The maximum atomic E-state index is 11.3. The van der Waals surface area contributed by atoms with Crippen molar-refractivity contribution in [3.63, 3.8) is 0 Å². The van der Waals surface area contributed by atoms with E-state index in [0.29, 0.717) is 11.3 Å². The van der Waals surface area contributed by atoms with Gasteiger partial charge in [0.1, 0.15) is 17.7 Å². The number of carbonyl (C=O) groups is 1. The van der Waals surface area contributed by atoms with Gasteiger partial charge in [0.15, 0.2) is 0 Å². The summed E-state index contributed by atoms with van der Waals surface area (Å²) < 4.78 is 0. The number of amides is 1. The number of aromatic nitrogens is 3. The van der Waals surface area contributed by atoms with E-state index in [1.54, 1.807) is 19.3 Å². The Labute approximate surface area is 74.2 Å². The van der Waals surface area contributed by atoms with Crippen molar-refractivity contribution in [3.05, 3.63) is 24.3 Å².